The molecule has 0 aromatic carbocycles. The number of rotatable bonds is 5. The molecule has 12 heavy (non-hydrogen) atoms. The molecule has 0 aromatic rings. The topological polar surface area (TPSA) is 70.3 Å². The number of hydrogen-bond acceptors (Lipinski definition) is 3. The average molecular weight is 169 g/mol. The molecule has 0 radical (unpaired) electrons. The van der Waals surface area contributed by atoms with Crippen molar-refractivity contribution in [1.82, 2.24) is 0 Å². The minimum atomic E-state index is -1.09. The Morgan fingerprint density at radius 2 is 2.42 bits per heavy atom. The van der Waals surface area contributed by atoms with E-state index in [9.17, 15) is 4.79 Å². The molecule has 0 unspecified atom stereocenters. The van der Waals surface area contributed by atoms with E-state index in [0.717, 1.165) is 0 Å². The van der Waals surface area contributed by atoms with Crippen LogP contribution in [0.15, 0.2) is 11.8 Å². The Labute approximate surface area is 71.1 Å². The van der Waals surface area contributed by atoms with Crippen LogP contribution < -0.4 is 0 Å². The molecular weight excluding hydrogens is 158 g/mol. The number of nitriles is 1. The van der Waals surface area contributed by atoms with E-state index in [-0.39, 0.29) is 18.8 Å². The third kappa shape index (κ3) is 4.34. The molecule has 0 amide bonds. The lowest BCUT2D eigenvalue weighted by molar-refractivity contribution is -0.136. The van der Waals surface area contributed by atoms with Gasteiger partial charge in [0.1, 0.15) is 6.61 Å². The third-order valence-electron chi connectivity index (χ3n) is 1.07. The standard InChI is InChI=1S/C8H11NO3/c1-2-4-7(8(10)11)12-6-3-5-9/h4H,2-3,6H2,1H3,(H,10,11). The van der Waals surface area contributed by atoms with E-state index in [4.69, 9.17) is 15.1 Å². The zero-order valence-corrected chi connectivity index (χ0v) is 6.91. The molecule has 0 aliphatic heterocycles. The largest absolute Gasteiger partial charge is 0.486 e. The minimum absolute atomic E-state index is 0.0762. The molecule has 0 aliphatic rings. The molecule has 0 rings (SSSR count). The summed E-state index contributed by atoms with van der Waals surface area (Å²) in [5.74, 6) is -1.16. The van der Waals surface area contributed by atoms with Crippen LogP contribution in [0.5, 0.6) is 0 Å². The number of allylic oxidation sites excluding steroid dienone is 1. The molecule has 0 heterocycles. The molecule has 1 N–H and O–H groups in total. The van der Waals surface area contributed by atoms with Crippen molar-refractivity contribution in [1.29, 1.82) is 5.26 Å². The van der Waals surface area contributed by atoms with Crippen LogP contribution in [-0.2, 0) is 9.53 Å². The normalized spacial score (nSPS) is 10.5. The first-order valence-electron chi connectivity index (χ1n) is 3.65. The summed E-state index contributed by atoms with van der Waals surface area (Å²) >= 11 is 0. The maximum absolute atomic E-state index is 10.4. The smallest absolute Gasteiger partial charge is 0.370 e. The van der Waals surface area contributed by atoms with Gasteiger partial charge in [-0.05, 0) is 12.5 Å². The van der Waals surface area contributed by atoms with E-state index in [2.05, 4.69) is 0 Å². The summed E-state index contributed by atoms with van der Waals surface area (Å²) in [4.78, 5) is 10.4. The van der Waals surface area contributed by atoms with Crippen molar-refractivity contribution in [3.63, 3.8) is 0 Å². The second-order valence-electron chi connectivity index (χ2n) is 2.04. The summed E-state index contributed by atoms with van der Waals surface area (Å²) in [5, 5.41) is 16.7. The molecular formula is C8H11NO3. The van der Waals surface area contributed by atoms with Crippen LogP contribution >= 0.6 is 0 Å². The molecule has 4 nitrogen and oxygen atoms in total. The second-order valence-corrected chi connectivity index (χ2v) is 2.04. The highest BCUT2D eigenvalue weighted by Crippen LogP contribution is 2.00. The van der Waals surface area contributed by atoms with Gasteiger partial charge in [-0.15, -0.1) is 0 Å². The summed E-state index contributed by atoms with van der Waals surface area (Å²) in [6, 6.07) is 1.86. The van der Waals surface area contributed by atoms with Crippen LogP contribution in [-0.4, -0.2) is 17.7 Å². The predicted molar refractivity (Wildman–Crippen MR) is 42.2 cm³/mol. The van der Waals surface area contributed by atoms with Gasteiger partial charge >= 0.3 is 5.97 Å². The Balaban J connectivity index is 3.91. The van der Waals surface area contributed by atoms with Gasteiger partial charge in [0.2, 0.25) is 0 Å². The van der Waals surface area contributed by atoms with Gasteiger partial charge in [-0.25, -0.2) is 4.79 Å². The van der Waals surface area contributed by atoms with E-state index in [0.29, 0.717) is 6.42 Å². The van der Waals surface area contributed by atoms with Gasteiger partial charge < -0.3 is 9.84 Å². The fourth-order valence-electron chi connectivity index (χ4n) is 0.600. The summed E-state index contributed by atoms with van der Waals surface area (Å²) in [7, 11) is 0. The third-order valence-corrected chi connectivity index (χ3v) is 1.07. The lowest BCUT2D eigenvalue weighted by Gasteiger charge is -2.02. The molecule has 0 spiro atoms. The number of carboxylic acids is 1. The van der Waals surface area contributed by atoms with Crippen LogP contribution in [0.3, 0.4) is 0 Å². The molecule has 0 atom stereocenters. The Kier molecular flexibility index (Phi) is 5.45. The summed E-state index contributed by atoms with van der Waals surface area (Å²) in [5.41, 5.74) is 0. The first-order valence-corrected chi connectivity index (χ1v) is 3.65. The second kappa shape index (κ2) is 6.23. The van der Waals surface area contributed by atoms with Crippen LogP contribution in [0.1, 0.15) is 19.8 Å². The number of hydrogen-bond donors (Lipinski definition) is 1. The molecule has 66 valence electrons. The number of carbonyl (C=O) groups is 1. The highest BCUT2D eigenvalue weighted by Gasteiger charge is 2.06. The average Bonchev–Trinajstić information content (AvgIpc) is 2.03. The maximum Gasteiger partial charge on any atom is 0.370 e. The van der Waals surface area contributed by atoms with Crippen molar-refractivity contribution in [3.8, 4) is 6.07 Å². The number of ether oxygens (including phenoxy) is 1. The van der Waals surface area contributed by atoms with Crippen molar-refractivity contribution < 1.29 is 14.6 Å². The Morgan fingerprint density at radius 1 is 1.75 bits per heavy atom. The summed E-state index contributed by atoms with van der Waals surface area (Å²) in [6.45, 7) is 1.95. The first kappa shape index (κ1) is 10.5. The molecule has 0 aromatic heterocycles. The predicted octanol–water partition coefficient (Wildman–Crippen LogP) is 1.30. The fourth-order valence-corrected chi connectivity index (χ4v) is 0.600. The van der Waals surface area contributed by atoms with Crippen molar-refractivity contribution in [2.45, 2.75) is 19.8 Å². The summed E-state index contributed by atoms with van der Waals surface area (Å²) in [6.07, 6.45) is 2.28. The van der Waals surface area contributed by atoms with Crippen molar-refractivity contribution in [3.05, 3.63) is 11.8 Å². The number of nitrogens with zero attached hydrogens (tertiary/aromatic N) is 1. The van der Waals surface area contributed by atoms with Crippen molar-refractivity contribution in [2.24, 2.45) is 0 Å². The zero-order chi connectivity index (χ0) is 9.40. The molecule has 0 bridgehead atoms. The molecule has 0 fully saturated rings. The quantitative estimate of drug-likeness (QED) is 0.382. The van der Waals surface area contributed by atoms with Crippen LogP contribution in [0.4, 0.5) is 0 Å². The van der Waals surface area contributed by atoms with E-state index < -0.39 is 5.97 Å². The maximum atomic E-state index is 10.4. The monoisotopic (exact) mass is 169 g/mol. The Morgan fingerprint density at radius 3 is 2.83 bits per heavy atom. The molecule has 4 heteroatoms. The first-order chi connectivity index (χ1) is 5.72. The van der Waals surface area contributed by atoms with E-state index in [1.165, 1.54) is 6.08 Å². The molecule has 0 saturated carbocycles. The lowest BCUT2D eigenvalue weighted by Crippen LogP contribution is -2.05. The van der Waals surface area contributed by atoms with Crippen LogP contribution in [0, 0.1) is 11.3 Å². The zero-order valence-electron chi connectivity index (χ0n) is 6.91. The van der Waals surface area contributed by atoms with Gasteiger partial charge in [0.25, 0.3) is 0 Å². The Bertz CT molecular complexity index is 215. The number of carboxylic acid groups (broad SMARTS) is 1. The van der Waals surface area contributed by atoms with Gasteiger partial charge in [0, 0.05) is 0 Å². The van der Waals surface area contributed by atoms with E-state index in [1.54, 1.807) is 0 Å². The molecule has 0 saturated heterocycles. The molecule has 0 aliphatic carbocycles. The fraction of sp³-hybridized carbons (Fsp3) is 0.500. The van der Waals surface area contributed by atoms with E-state index >= 15 is 0 Å². The van der Waals surface area contributed by atoms with Gasteiger partial charge in [-0.2, -0.15) is 5.26 Å². The van der Waals surface area contributed by atoms with Crippen molar-refractivity contribution >= 4 is 5.97 Å². The van der Waals surface area contributed by atoms with Crippen LogP contribution in [0.2, 0.25) is 0 Å². The van der Waals surface area contributed by atoms with E-state index in [1.807, 2.05) is 13.0 Å². The van der Waals surface area contributed by atoms with Crippen LogP contribution in [0.25, 0.3) is 0 Å². The summed E-state index contributed by atoms with van der Waals surface area (Å²) < 4.78 is 4.82. The highest BCUT2D eigenvalue weighted by molar-refractivity contribution is 5.84. The minimum Gasteiger partial charge on any atom is -0.486 e. The van der Waals surface area contributed by atoms with Gasteiger partial charge in [-0.1, -0.05) is 6.92 Å². The van der Waals surface area contributed by atoms with Gasteiger partial charge in [-0.3, -0.25) is 0 Å². The lowest BCUT2D eigenvalue weighted by atomic mass is 10.4. The highest BCUT2D eigenvalue weighted by atomic mass is 16.5. The SMILES string of the molecule is CCC=C(OCCC#N)C(=O)O. The van der Waals surface area contributed by atoms with Crippen molar-refractivity contribution in [2.75, 3.05) is 6.61 Å². The number of aliphatic carboxylic acids is 1. The Hall–Kier alpha value is -1.50. The van der Waals surface area contributed by atoms with Gasteiger partial charge in [0.05, 0.1) is 12.5 Å². The van der Waals surface area contributed by atoms with Gasteiger partial charge in [0.15, 0.2) is 5.76 Å².